The SMILES string of the molecule is CS.Cc1cccc(N2c3cc4ccccc4cc3N(c3cccc(C)c3)N(c3cccc(C)c3)c3cc4ccccc4cc3N2c2cccc(C)c2)c1. The maximum atomic E-state index is 3.53. The van der Waals surface area contributed by atoms with Crippen molar-refractivity contribution in [2.45, 2.75) is 27.7 Å². The number of aryl methyl sites for hydroxylation is 4. The van der Waals surface area contributed by atoms with E-state index in [1.165, 1.54) is 43.8 Å². The lowest BCUT2D eigenvalue weighted by atomic mass is 10.0. The van der Waals surface area contributed by atoms with Gasteiger partial charge in [-0.25, -0.2) is 20.0 Å². The molecule has 5 heteroatoms. The first kappa shape index (κ1) is 34.9. The lowest BCUT2D eigenvalue weighted by molar-refractivity contribution is 0.922. The second-order valence-corrected chi connectivity index (χ2v) is 14.0. The highest BCUT2D eigenvalue weighted by Gasteiger charge is 2.36. The molecule has 8 aromatic carbocycles. The van der Waals surface area contributed by atoms with Crippen LogP contribution >= 0.6 is 12.6 Å². The fourth-order valence-corrected chi connectivity index (χ4v) is 7.60. The minimum Gasteiger partial charge on any atom is -0.247 e. The first-order valence-corrected chi connectivity index (χ1v) is 19.3. The highest BCUT2D eigenvalue weighted by molar-refractivity contribution is 7.79. The number of nitrogens with zero attached hydrogens (tertiary/aromatic N) is 4. The van der Waals surface area contributed by atoms with Crippen LogP contribution in [-0.2, 0) is 0 Å². The molecule has 0 unspecified atom stereocenters. The predicted octanol–water partition coefficient (Wildman–Crippen LogP) is 13.9. The number of anilines is 8. The van der Waals surface area contributed by atoms with Crippen LogP contribution in [0.25, 0.3) is 21.5 Å². The Labute approximate surface area is 324 Å². The third-order valence-electron chi connectivity index (χ3n) is 9.98. The number of fused-ring (bicyclic) bond motifs is 4. The summed E-state index contributed by atoms with van der Waals surface area (Å²) in [7, 11) is 0. The number of hydrogen-bond acceptors (Lipinski definition) is 5. The van der Waals surface area contributed by atoms with Crippen LogP contribution < -0.4 is 20.0 Å². The molecule has 0 N–H and O–H groups in total. The molecule has 0 saturated carbocycles. The molecule has 9 rings (SSSR count). The van der Waals surface area contributed by atoms with Crippen LogP contribution in [0.3, 0.4) is 0 Å². The molecule has 0 aromatic heterocycles. The molecule has 0 amide bonds. The van der Waals surface area contributed by atoms with E-state index in [0.717, 1.165) is 45.5 Å². The van der Waals surface area contributed by atoms with E-state index in [4.69, 9.17) is 0 Å². The van der Waals surface area contributed by atoms with Crippen LogP contribution in [0.1, 0.15) is 22.3 Å². The molecular formula is C49H44N4S. The van der Waals surface area contributed by atoms with Gasteiger partial charge in [-0.2, -0.15) is 12.6 Å². The molecule has 1 aliphatic heterocycles. The molecule has 0 saturated heterocycles. The van der Waals surface area contributed by atoms with E-state index >= 15 is 0 Å². The predicted molar refractivity (Wildman–Crippen MR) is 236 cm³/mol. The van der Waals surface area contributed by atoms with Crippen molar-refractivity contribution in [3.63, 3.8) is 0 Å². The number of benzene rings is 8. The van der Waals surface area contributed by atoms with Gasteiger partial charge in [-0.1, -0.05) is 97.1 Å². The maximum Gasteiger partial charge on any atom is 0.0900 e. The van der Waals surface area contributed by atoms with Crippen molar-refractivity contribution in [1.29, 1.82) is 0 Å². The fourth-order valence-electron chi connectivity index (χ4n) is 7.60. The summed E-state index contributed by atoms with van der Waals surface area (Å²) >= 11 is 3.53. The van der Waals surface area contributed by atoms with Gasteiger partial charge in [-0.15, -0.1) is 0 Å². The highest BCUT2D eigenvalue weighted by Crippen LogP contribution is 2.53. The molecule has 0 atom stereocenters. The lowest BCUT2D eigenvalue weighted by Gasteiger charge is -2.48. The smallest absolute Gasteiger partial charge is 0.0900 e. The molecule has 0 fully saturated rings. The minimum atomic E-state index is 1.06. The molecule has 0 aliphatic carbocycles. The molecule has 0 spiro atoms. The van der Waals surface area contributed by atoms with Gasteiger partial charge in [0.05, 0.1) is 45.5 Å². The van der Waals surface area contributed by atoms with Gasteiger partial charge in [0, 0.05) is 0 Å². The number of thiol groups is 1. The molecule has 0 radical (unpaired) electrons. The zero-order valence-corrected chi connectivity index (χ0v) is 32.3. The summed E-state index contributed by atoms with van der Waals surface area (Å²) in [6.45, 7) is 8.69. The van der Waals surface area contributed by atoms with E-state index in [-0.39, 0.29) is 0 Å². The average molecular weight is 721 g/mol. The normalized spacial score (nSPS) is 12.5. The quantitative estimate of drug-likeness (QED) is 0.182. The Bertz CT molecular complexity index is 2270. The van der Waals surface area contributed by atoms with Gasteiger partial charge in [0.15, 0.2) is 0 Å². The molecule has 1 aliphatic rings. The minimum absolute atomic E-state index is 1.06. The summed E-state index contributed by atoms with van der Waals surface area (Å²) in [5.41, 5.74) is 13.3. The standard InChI is InChI=1S/C48H40N4.CH4S/c1-33-13-9-21-41(25-33)49-45-29-37-17-5-6-18-38(37)30-46(45)51(43-23-11-15-35(3)27-43)52(44-24-12-16-36(4)28-44)48-32-40-20-8-7-19-39(40)31-47(48)50(49)42-22-10-14-34(2)26-42;1-2/h5-32H,1-4H3;2H,1H3. The molecule has 1 heterocycles. The lowest BCUT2D eigenvalue weighted by Crippen LogP contribution is -2.44. The zero-order chi connectivity index (χ0) is 37.3. The van der Waals surface area contributed by atoms with Crippen molar-refractivity contribution in [1.82, 2.24) is 0 Å². The van der Waals surface area contributed by atoms with E-state index in [1.54, 1.807) is 6.26 Å². The fraction of sp³-hybridized carbons (Fsp3) is 0.102. The number of hydrogen-bond donors (Lipinski definition) is 1. The number of rotatable bonds is 4. The molecule has 4 nitrogen and oxygen atoms in total. The van der Waals surface area contributed by atoms with Crippen molar-refractivity contribution < 1.29 is 0 Å². The second-order valence-electron chi connectivity index (χ2n) is 14.0. The van der Waals surface area contributed by atoms with E-state index in [1.807, 2.05) is 0 Å². The van der Waals surface area contributed by atoms with Crippen molar-refractivity contribution in [2.75, 3.05) is 26.3 Å². The summed E-state index contributed by atoms with van der Waals surface area (Å²) in [5, 5.41) is 14.4. The van der Waals surface area contributed by atoms with Gasteiger partial charge in [-0.05, 0) is 151 Å². The summed E-state index contributed by atoms with van der Waals surface area (Å²) < 4.78 is 0. The van der Waals surface area contributed by atoms with Crippen LogP contribution in [0.4, 0.5) is 45.5 Å². The summed E-state index contributed by atoms with van der Waals surface area (Å²) in [6, 6.07) is 62.3. The first-order chi connectivity index (χ1) is 26.4. The summed E-state index contributed by atoms with van der Waals surface area (Å²) in [5.74, 6) is 0. The van der Waals surface area contributed by atoms with Gasteiger partial charge in [-0.3, -0.25) is 0 Å². The third-order valence-corrected chi connectivity index (χ3v) is 9.98. The van der Waals surface area contributed by atoms with Crippen LogP contribution in [0.2, 0.25) is 0 Å². The Morgan fingerprint density at radius 2 is 0.500 bits per heavy atom. The van der Waals surface area contributed by atoms with Crippen molar-refractivity contribution in [3.05, 3.63) is 192 Å². The maximum absolute atomic E-state index is 3.53. The van der Waals surface area contributed by atoms with E-state index in [9.17, 15) is 0 Å². The molecule has 54 heavy (non-hydrogen) atoms. The van der Waals surface area contributed by atoms with Gasteiger partial charge in [0.1, 0.15) is 0 Å². The molecular weight excluding hydrogens is 677 g/mol. The van der Waals surface area contributed by atoms with Crippen LogP contribution in [0.15, 0.2) is 170 Å². The van der Waals surface area contributed by atoms with Gasteiger partial charge in [0.25, 0.3) is 0 Å². The Balaban J connectivity index is 0.00000203. The Hall–Kier alpha value is -6.17. The highest BCUT2D eigenvalue weighted by atomic mass is 32.1. The van der Waals surface area contributed by atoms with Gasteiger partial charge in [0.2, 0.25) is 0 Å². The Morgan fingerprint density at radius 3 is 0.704 bits per heavy atom. The topological polar surface area (TPSA) is 13.0 Å². The second kappa shape index (κ2) is 14.7. The van der Waals surface area contributed by atoms with Crippen LogP contribution in [0, 0.1) is 27.7 Å². The summed E-state index contributed by atoms with van der Waals surface area (Å²) in [6.07, 6.45) is 1.69. The van der Waals surface area contributed by atoms with Crippen molar-refractivity contribution in [3.8, 4) is 0 Å². The zero-order valence-electron chi connectivity index (χ0n) is 31.4. The van der Waals surface area contributed by atoms with Crippen molar-refractivity contribution in [2.24, 2.45) is 0 Å². The molecule has 8 aromatic rings. The molecule has 266 valence electrons. The summed E-state index contributed by atoms with van der Waals surface area (Å²) in [4.78, 5) is 0. The van der Waals surface area contributed by atoms with Crippen molar-refractivity contribution >= 4 is 79.7 Å². The van der Waals surface area contributed by atoms with E-state index in [0.29, 0.717) is 0 Å². The largest absolute Gasteiger partial charge is 0.247 e. The Morgan fingerprint density at radius 1 is 0.278 bits per heavy atom. The first-order valence-electron chi connectivity index (χ1n) is 18.4. The van der Waals surface area contributed by atoms with E-state index in [2.05, 4.69) is 230 Å². The van der Waals surface area contributed by atoms with Gasteiger partial charge < -0.3 is 0 Å². The number of hydrazine groups is 2. The monoisotopic (exact) mass is 720 g/mol. The van der Waals surface area contributed by atoms with Crippen LogP contribution in [0.5, 0.6) is 0 Å². The van der Waals surface area contributed by atoms with Gasteiger partial charge >= 0.3 is 0 Å². The average Bonchev–Trinajstić information content (AvgIpc) is 3.18. The molecule has 0 bridgehead atoms. The Kier molecular flexibility index (Phi) is 9.49. The third kappa shape index (κ3) is 6.41. The van der Waals surface area contributed by atoms with E-state index < -0.39 is 0 Å². The van der Waals surface area contributed by atoms with Crippen LogP contribution in [-0.4, -0.2) is 6.26 Å².